The predicted molar refractivity (Wildman–Crippen MR) is 172 cm³/mol. The molecular formula is C32H41NS4. The lowest BCUT2D eigenvalue weighted by Gasteiger charge is -2.06. The van der Waals surface area contributed by atoms with Crippen LogP contribution in [0.1, 0.15) is 96.1 Å². The highest BCUT2D eigenvalue weighted by atomic mass is 32.1. The molecular weight excluding hydrogens is 527 g/mol. The Bertz CT molecular complexity index is 1310. The van der Waals surface area contributed by atoms with Crippen LogP contribution in [0, 0.1) is 0 Å². The van der Waals surface area contributed by atoms with Gasteiger partial charge in [-0.2, -0.15) is 0 Å². The van der Waals surface area contributed by atoms with Crippen LogP contribution >= 0.6 is 45.3 Å². The van der Waals surface area contributed by atoms with Crippen LogP contribution in [0.3, 0.4) is 0 Å². The Morgan fingerprint density at radius 1 is 0.595 bits per heavy atom. The van der Waals surface area contributed by atoms with E-state index in [1.807, 2.05) is 45.3 Å². The van der Waals surface area contributed by atoms with Crippen LogP contribution in [-0.2, 0) is 19.4 Å². The Labute approximate surface area is 239 Å². The molecule has 5 heteroatoms. The molecule has 5 aromatic heterocycles. The maximum Gasteiger partial charge on any atom is 0.0708 e. The summed E-state index contributed by atoms with van der Waals surface area (Å²) in [5, 5.41) is 4.59. The number of unbranched alkanes of at least 4 members (excludes halogenated alkanes) is 7. The lowest BCUT2D eigenvalue weighted by Crippen LogP contribution is -1.97. The van der Waals surface area contributed by atoms with Crippen LogP contribution in [-0.4, -0.2) is 4.57 Å². The fraction of sp³-hybridized carbons (Fsp3) is 0.500. The molecule has 37 heavy (non-hydrogen) atoms. The number of aromatic nitrogens is 1. The molecule has 0 bridgehead atoms. The van der Waals surface area contributed by atoms with Gasteiger partial charge in [0.15, 0.2) is 0 Å². The van der Waals surface area contributed by atoms with Crippen LogP contribution in [0.15, 0.2) is 35.0 Å². The first-order valence-electron chi connectivity index (χ1n) is 14.4. The van der Waals surface area contributed by atoms with Crippen molar-refractivity contribution in [2.45, 2.75) is 104 Å². The lowest BCUT2D eigenvalue weighted by molar-refractivity contribution is 0.571. The largest absolute Gasteiger partial charge is 0.339 e. The summed E-state index contributed by atoms with van der Waals surface area (Å²) >= 11 is 7.93. The fourth-order valence-electron chi connectivity index (χ4n) is 5.37. The standard InChI is InChI=1S/C32H41NS4/c1-4-7-10-11-12-13-18-33-25-21-27(29-23(14-8-5-2)16-19-34-29)36-31(25)32-26(33)22-28(37-32)30-24(15-9-6-3)17-20-35-30/h16-17,19-22H,4-15,18H2,1-3H3. The number of hydrogen-bond donors (Lipinski definition) is 0. The molecule has 0 saturated carbocycles. The van der Waals surface area contributed by atoms with E-state index in [1.54, 1.807) is 11.1 Å². The van der Waals surface area contributed by atoms with E-state index in [4.69, 9.17) is 0 Å². The summed E-state index contributed by atoms with van der Waals surface area (Å²) < 4.78 is 5.69. The molecule has 0 radical (unpaired) electrons. The number of hydrogen-bond acceptors (Lipinski definition) is 4. The summed E-state index contributed by atoms with van der Waals surface area (Å²) in [7, 11) is 0. The zero-order chi connectivity index (χ0) is 25.6. The lowest BCUT2D eigenvalue weighted by atomic mass is 10.1. The number of thiophene rings is 4. The summed E-state index contributed by atoms with van der Waals surface area (Å²) in [6.45, 7) is 8.03. The molecule has 5 heterocycles. The maximum absolute atomic E-state index is 2.67. The first-order valence-corrected chi connectivity index (χ1v) is 17.8. The van der Waals surface area contributed by atoms with Crippen molar-refractivity contribution in [3.63, 3.8) is 0 Å². The first kappa shape index (κ1) is 27.2. The van der Waals surface area contributed by atoms with Gasteiger partial charge in [-0.25, -0.2) is 0 Å². The molecule has 0 fully saturated rings. The van der Waals surface area contributed by atoms with Gasteiger partial charge in [-0.15, -0.1) is 45.3 Å². The molecule has 0 aliphatic heterocycles. The predicted octanol–water partition coefficient (Wildman–Crippen LogP) is 12.4. The molecule has 0 aliphatic rings. The molecule has 0 spiro atoms. The highest BCUT2D eigenvalue weighted by Gasteiger charge is 2.21. The zero-order valence-electron chi connectivity index (χ0n) is 22.7. The van der Waals surface area contributed by atoms with E-state index in [1.165, 1.54) is 117 Å². The monoisotopic (exact) mass is 567 g/mol. The summed E-state index contributed by atoms with van der Waals surface area (Å²) in [6, 6.07) is 9.75. The summed E-state index contributed by atoms with van der Waals surface area (Å²) in [5.74, 6) is 0. The number of aryl methyl sites for hydroxylation is 3. The Morgan fingerprint density at radius 2 is 1.08 bits per heavy atom. The third-order valence-electron chi connectivity index (χ3n) is 7.49. The van der Waals surface area contributed by atoms with Gasteiger partial charge < -0.3 is 4.57 Å². The smallest absolute Gasteiger partial charge is 0.0708 e. The molecule has 5 aromatic rings. The van der Waals surface area contributed by atoms with Crippen molar-refractivity contribution in [1.82, 2.24) is 4.57 Å². The summed E-state index contributed by atoms with van der Waals surface area (Å²) in [6.07, 6.45) is 15.5. The van der Waals surface area contributed by atoms with E-state index < -0.39 is 0 Å². The second-order valence-corrected chi connectivity index (χ2v) is 14.3. The SMILES string of the molecule is CCCCCCCCn1c2cc(-c3sccc3CCCC)sc2c2sc(-c3sccc3CCCC)cc21. The summed E-state index contributed by atoms with van der Waals surface area (Å²) in [4.78, 5) is 5.95. The third-order valence-corrected chi connectivity index (χ3v) is 12.2. The van der Waals surface area contributed by atoms with Crippen molar-refractivity contribution in [2.24, 2.45) is 0 Å². The molecule has 0 N–H and O–H groups in total. The first-order chi connectivity index (χ1) is 18.2. The zero-order valence-corrected chi connectivity index (χ0v) is 26.0. The average Bonchev–Trinajstić information content (AvgIpc) is 3.71. The van der Waals surface area contributed by atoms with Gasteiger partial charge in [0, 0.05) is 26.1 Å². The van der Waals surface area contributed by atoms with E-state index in [9.17, 15) is 0 Å². The molecule has 0 amide bonds. The molecule has 5 rings (SSSR count). The molecule has 0 saturated heterocycles. The van der Waals surface area contributed by atoms with E-state index in [0.29, 0.717) is 0 Å². The Kier molecular flexibility index (Phi) is 9.62. The second kappa shape index (κ2) is 13.1. The van der Waals surface area contributed by atoms with Gasteiger partial charge in [0.2, 0.25) is 0 Å². The summed E-state index contributed by atoms with van der Waals surface area (Å²) in [5.41, 5.74) is 6.02. The van der Waals surface area contributed by atoms with E-state index in [0.717, 1.165) is 6.54 Å². The minimum Gasteiger partial charge on any atom is -0.339 e. The fourth-order valence-corrected chi connectivity index (χ4v) is 10.1. The molecule has 1 nitrogen and oxygen atoms in total. The Hall–Kier alpha value is -1.40. The van der Waals surface area contributed by atoms with Crippen molar-refractivity contribution < 1.29 is 0 Å². The highest BCUT2D eigenvalue weighted by molar-refractivity contribution is 7.32. The van der Waals surface area contributed by atoms with Gasteiger partial charge in [-0.1, -0.05) is 65.7 Å². The Balaban J connectivity index is 1.52. The van der Waals surface area contributed by atoms with E-state index >= 15 is 0 Å². The molecule has 0 aliphatic carbocycles. The average molecular weight is 568 g/mol. The molecule has 0 aromatic carbocycles. The molecule has 0 unspecified atom stereocenters. The van der Waals surface area contributed by atoms with Gasteiger partial charge in [0.25, 0.3) is 0 Å². The van der Waals surface area contributed by atoms with E-state index in [-0.39, 0.29) is 0 Å². The van der Waals surface area contributed by atoms with Gasteiger partial charge in [0.1, 0.15) is 0 Å². The minimum atomic E-state index is 1.14. The van der Waals surface area contributed by atoms with Crippen molar-refractivity contribution in [2.75, 3.05) is 0 Å². The van der Waals surface area contributed by atoms with Gasteiger partial charge >= 0.3 is 0 Å². The van der Waals surface area contributed by atoms with Crippen molar-refractivity contribution in [1.29, 1.82) is 0 Å². The van der Waals surface area contributed by atoms with Crippen molar-refractivity contribution in [3.05, 3.63) is 46.2 Å². The van der Waals surface area contributed by atoms with E-state index in [2.05, 4.69) is 60.4 Å². The van der Waals surface area contributed by atoms with Crippen molar-refractivity contribution >= 4 is 65.8 Å². The number of rotatable bonds is 15. The van der Waals surface area contributed by atoms with Crippen LogP contribution in [0.5, 0.6) is 0 Å². The molecule has 0 atom stereocenters. The normalized spacial score (nSPS) is 12.0. The van der Waals surface area contributed by atoms with Crippen LogP contribution < -0.4 is 0 Å². The van der Waals surface area contributed by atoms with Gasteiger partial charge in [0.05, 0.1) is 20.4 Å². The highest BCUT2D eigenvalue weighted by Crippen LogP contribution is 2.48. The Morgan fingerprint density at radius 3 is 1.59 bits per heavy atom. The number of fused-ring (bicyclic) bond motifs is 3. The number of nitrogens with zero attached hydrogens (tertiary/aromatic N) is 1. The van der Waals surface area contributed by atoms with Gasteiger partial charge in [-0.3, -0.25) is 0 Å². The molecule has 198 valence electrons. The van der Waals surface area contributed by atoms with Crippen LogP contribution in [0.25, 0.3) is 39.9 Å². The van der Waals surface area contributed by atoms with Crippen LogP contribution in [0.2, 0.25) is 0 Å². The maximum atomic E-state index is 2.67. The quantitative estimate of drug-likeness (QED) is 0.111. The van der Waals surface area contributed by atoms with Crippen molar-refractivity contribution in [3.8, 4) is 19.5 Å². The van der Waals surface area contributed by atoms with Gasteiger partial charge in [-0.05, 0) is 78.3 Å². The second-order valence-electron chi connectivity index (χ2n) is 10.3. The third kappa shape index (κ3) is 5.95. The topological polar surface area (TPSA) is 4.93 Å². The minimum absolute atomic E-state index is 1.14. The van der Waals surface area contributed by atoms with Crippen LogP contribution in [0.4, 0.5) is 0 Å².